The van der Waals surface area contributed by atoms with Crippen LogP contribution in [-0.2, 0) is 11.3 Å². The first-order valence-corrected chi connectivity index (χ1v) is 8.21. The summed E-state index contributed by atoms with van der Waals surface area (Å²) >= 11 is 13.3. The molecule has 20 heavy (non-hydrogen) atoms. The largest absolute Gasteiger partial charge is 0.396 e. The fourth-order valence-electron chi connectivity index (χ4n) is 1.51. The molecule has 1 aromatic rings. The maximum absolute atomic E-state index is 12.0. The van der Waals surface area contributed by atoms with E-state index >= 15 is 0 Å². The van der Waals surface area contributed by atoms with Crippen molar-refractivity contribution >= 4 is 40.9 Å². The Bertz CT molecular complexity index is 457. The van der Waals surface area contributed by atoms with Gasteiger partial charge in [-0.15, -0.1) is 0 Å². The van der Waals surface area contributed by atoms with Crippen molar-refractivity contribution in [3.05, 3.63) is 33.8 Å². The van der Waals surface area contributed by atoms with Gasteiger partial charge in [-0.05, 0) is 29.4 Å². The molecule has 0 aromatic heterocycles. The number of carbonyl (C=O) groups excluding carboxylic acids is 1. The summed E-state index contributed by atoms with van der Waals surface area (Å²) in [5.74, 6) is 1.48. The van der Waals surface area contributed by atoms with E-state index in [2.05, 4.69) is 0 Å². The summed E-state index contributed by atoms with van der Waals surface area (Å²) in [6.45, 7) is 2.61. The quantitative estimate of drug-likeness (QED) is 0.830. The molecule has 6 heteroatoms. The van der Waals surface area contributed by atoms with Crippen LogP contribution in [0, 0.1) is 5.92 Å². The van der Waals surface area contributed by atoms with Gasteiger partial charge in [-0.3, -0.25) is 4.79 Å². The summed E-state index contributed by atoms with van der Waals surface area (Å²) in [6, 6.07) is 5.36. The van der Waals surface area contributed by atoms with E-state index < -0.39 is 0 Å². The molecular formula is C14H19Cl2NO2S. The first kappa shape index (κ1) is 17.6. The lowest BCUT2D eigenvalue weighted by Crippen LogP contribution is -2.28. The normalized spacial score (nSPS) is 12.2. The summed E-state index contributed by atoms with van der Waals surface area (Å²) in [5, 5.41) is 9.93. The molecule has 1 aromatic carbocycles. The van der Waals surface area contributed by atoms with Gasteiger partial charge in [-0.2, -0.15) is 11.8 Å². The average Bonchev–Trinajstić information content (AvgIpc) is 2.42. The van der Waals surface area contributed by atoms with Gasteiger partial charge in [0.05, 0.1) is 15.8 Å². The zero-order chi connectivity index (χ0) is 15.1. The van der Waals surface area contributed by atoms with Crippen molar-refractivity contribution in [3.63, 3.8) is 0 Å². The van der Waals surface area contributed by atoms with Crippen LogP contribution in [-0.4, -0.2) is 41.1 Å². The summed E-state index contributed by atoms with van der Waals surface area (Å²) in [4.78, 5) is 13.6. The van der Waals surface area contributed by atoms with Crippen LogP contribution in [0.25, 0.3) is 0 Å². The SMILES string of the molecule is CC(CO)CSCC(=O)N(C)Cc1ccc(Cl)c(Cl)c1. The van der Waals surface area contributed by atoms with E-state index in [1.165, 1.54) is 0 Å². The predicted molar refractivity (Wildman–Crippen MR) is 86.5 cm³/mol. The Morgan fingerprint density at radius 3 is 2.70 bits per heavy atom. The van der Waals surface area contributed by atoms with Crippen LogP contribution in [0.3, 0.4) is 0 Å². The third-order valence-electron chi connectivity index (χ3n) is 2.77. The Morgan fingerprint density at radius 2 is 2.10 bits per heavy atom. The lowest BCUT2D eigenvalue weighted by atomic mass is 10.2. The summed E-state index contributed by atoms with van der Waals surface area (Å²) in [7, 11) is 1.76. The Hall–Kier alpha value is -0.420. The van der Waals surface area contributed by atoms with Crippen molar-refractivity contribution in [1.82, 2.24) is 4.90 Å². The Kier molecular flexibility index (Phi) is 7.74. The van der Waals surface area contributed by atoms with Crippen LogP contribution in [0.4, 0.5) is 0 Å². The molecule has 1 amide bonds. The topological polar surface area (TPSA) is 40.5 Å². The number of halogens is 2. The Morgan fingerprint density at radius 1 is 1.40 bits per heavy atom. The molecular weight excluding hydrogens is 317 g/mol. The number of amides is 1. The molecule has 0 bridgehead atoms. The van der Waals surface area contributed by atoms with E-state index in [0.717, 1.165) is 11.3 Å². The molecule has 0 fully saturated rings. The molecule has 0 radical (unpaired) electrons. The number of hydrogen-bond acceptors (Lipinski definition) is 3. The molecule has 0 saturated heterocycles. The van der Waals surface area contributed by atoms with Crippen molar-refractivity contribution in [3.8, 4) is 0 Å². The van der Waals surface area contributed by atoms with Crippen LogP contribution in [0.5, 0.6) is 0 Å². The van der Waals surface area contributed by atoms with E-state index in [-0.39, 0.29) is 18.4 Å². The van der Waals surface area contributed by atoms with Gasteiger partial charge in [0.1, 0.15) is 0 Å². The van der Waals surface area contributed by atoms with Gasteiger partial charge in [0, 0.05) is 20.2 Å². The molecule has 0 heterocycles. The smallest absolute Gasteiger partial charge is 0.232 e. The van der Waals surface area contributed by atoms with Gasteiger partial charge in [0.25, 0.3) is 0 Å². The van der Waals surface area contributed by atoms with Crippen LogP contribution < -0.4 is 0 Å². The number of rotatable bonds is 7. The van der Waals surface area contributed by atoms with Crippen LogP contribution in [0.2, 0.25) is 10.0 Å². The number of benzene rings is 1. The second-order valence-electron chi connectivity index (χ2n) is 4.80. The maximum Gasteiger partial charge on any atom is 0.232 e. The highest BCUT2D eigenvalue weighted by atomic mass is 35.5. The standard InChI is InChI=1S/C14H19Cl2NO2S/c1-10(7-18)8-20-9-14(19)17(2)6-11-3-4-12(15)13(16)5-11/h3-5,10,18H,6-9H2,1-2H3. The highest BCUT2D eigenvalue weighted by Crippen LogP contribution is 2.23. The molecule has 112 valence electrons. The highest BCUT2D eigenvalue weighted by Gasteiger charge is 2.11. The minimum Gasteiger partial charge on any atom is -0.396 e. The first-order valence-electron chi connectivity index (χ1n) is 6.30. The van der Waals surface area contributed by atoms with E-state index in [1.54, 1.807) is 35.8 Å². The number of aliphatic hydroxyl groups is 1. The summed E-state index contributed by atoms with van der Waals surface area (Å²) in [6.07, 6.45) is 0. The molecule has 1 unspecified atom stereocenters. The molecule has 0 saturated carbocycles. The van der Waals surface area contributed by atoms with Crippen molar-refractivity contribution in [1.29, 1.82) is 0 Å². The molecule has 0 spiro atoms. The van der Waals surface area contributed by atoms with E-state index in [4.69, 9.17) is 28.3 Å². The van der Waals surface area contributed by atoms with Crippen molar-refractivity contribution in [2.45, 2.75) is 13.5 Å². The van der Waals surface area contributed by atoms with E-state index in [0.29, 0.717) is 22.3 Å². The molecule has 1 N–H and O–H groups in total. The predicted octanol–water partition coefficient (Wildman–Crippen LogP) is 3.31. The minimum absolute atomic E-state index is 0.0613. The second-order valence-corrected chi connectivity index (χ2v) is 6.65. The Balaban J connectivity index is 2.43. The van der Waals surface area contributed by atoms with Gasteiger partial charge < -0.3 is 10.0 Å². The number of hydrogen-bond donors (Lipinski definition) is 1. The maximum atomic E-state index is 12.0. The van der Waals surface area contributed by atoms with E-state index in [9.17, 15) is 4.79 Å². The van der Waals surface area contributed by atoms with E-state index in [1.807, 2.05) is 13.0 Å². The number of thioether (sulfide) groups is 1. The third kappa shape index (κ3) is 5.92. The van der Waals surface area contributed by atoms with Crippen molar-refractivity contribution < 1.29 is 9.90 Å². The fraction of sp³-hybridized carbons (Fsp3) is 0.500. The molecule has 0 aliphatic carbocycles. The van der Waals surface area contributed by atoms with Gasteiger partial charge >= 0.3 is 0 Å². The highest BCUT2D eigenvalue weighted by molar-refractivity contribution is 7.99. The lowest BCUT2D eigenvalue weighted by Gasteiger charge is -2.18. The van der Waals surface area contributed by atoms with Crippen molar-refractivity contribution in [2.24, 2.45) is 5.92 Å². The second kappa shape index (κ2) is 8.78. The zero-order valence-electron chi connectivity index (χ0n) is 11.6. The zero-order valence-corrected chi connectivity index (χ0v) is 13.9. The van der Waals surface area contributed by atoms with Crippen molar-refractivity contribution in [2.75, 3.05) is 25.2 Å². The monoisotopic (exact) mass is 335 g/mol. The molecule has 1 atom stereocenters. The number of carbonyl (C=O) groups is 1. The lowest BCUT2D eigenvalue weighted by molar-refractivity contribution is -0.127. The third-order valence-corrected chi connectivity index (χ3v) is 4.76. The summed E-state index contributed by atoms with van der Waals surface area (Å²) < 4.78 is 0. The van der Waals surface area contributed by atoms with Gasteiger partial charge in [0.2, 0.25) is 5.91 Å². The van der Waals surface area contributed by atoms with Gasteiger partial charge in [0.15, 0.2) is 0 Å². The number of aliphatic hydroxyl groups excluding tert-OH is 1. The minimum atomic E-state index is 0.0613. The van der Waals surface area contributed by atoms with Crippen LogP contribution in [0.15, 0.2) is 18.2 Å². The molecule has 0 aliphatic heterocycles. The van der Waals surface area contributed by atoms with Crippen LogP contribution >= 0.6 is 35.0 Å². The molecule has 0 aliphatic rings. The average molecular weight is 336 g/mol. The Labute approximate surface area is 134 Å². The summed E-state index contributed by atoms with van der Waals surface area (Å²) in [5.41, 5.74) is 0.948. The molecule has 3 nitrogen and oxygen atoms in total. The molecule has 1 rings (SSSR count). The number of nitrogens with zero attached hydrogens (tertiary/aromatic N) is 1. The fourth-order valence-corrected chi connectivity index (χ4v) is 2.85. The van der Waals surface area contributed by atoms with Crippen LogP contribution in [0.1, 0.15) is 12.5 Å². The van der Waals surface area contributed by atoms with Gasteiger partial charge in [-0.1, -0.05) is 36.2 Å². The first-order chi connectivity index (χ1) is 9.43. The van der Waals surface area contributed by atoms with Gasteiger partial charge in [-0.25, -0.2) is 0 Å².